The fourth-order valence-electron chi connectivity index (χ4n) is 3.82. The average molecular weight is 381 g/mol. The van der Waals surface area contributed by atoms with Gasteiger partial charge >= 0.3 is 5.69 Å². The molecule has 1 saturated heterocycles. The minimum atomic E-state index is -3.92. The van der Waals surface area contributed by atoms with Gasteiger partial charge in [-0.1, -0.05) is 0 Å². The van der Waals surface area contributed by atoms with Crippen molar-refractivity contribution in [2.24, 2.45) is 7.05 Å². The summed E-state index contributed by atoms with van der Waals surface area (Å²) in [5.74, 6) is -0.871. The third-order valence-corrected chi connectivity index (χ3v) is 7.25. The van der Waals surface area contributed by atoms with Crippen molar-refractivity contribution in [1.29, 1.82) is 0 Å². The molecule has 2 aliphatic rings. The largest absolute Gasteiger partial charge is 0.350 e. The maximum absolute atomic E-state index is 14.9. The van der Waals surface area contributed by atoms with Crippen LogP contribution in [-0.2, 0) is 16.9 Å². The Bertz CT molecular complexity index is 1100. The Balaban J connectivity index is 2.17. The number of anilines is 1. The van der Waals surface area contributed by atoms with Crippen LogP contribution in [0, 0.1) is 12.7 Å². The first-order chi connectivity index (χ1) is 12.1. The van der Waals surface area contributed by atoms with Gasteiger partial charge in [0.05, 0.1) is 22.9 Å². The molecule has 4 heterocycles. The van der Waals surface area contributed by atoms with Crippen LogP contribution in [0.1, 0.15) is 12.6 Å². The number of hydrogen-bond donors (Lipinski definition) is 0. The van der Waals surface area contributed by atoms with Crippen molar-refractivity contribution in [3.05, 3.63) is 22.0 Å². The topological polar surface area (TPSA) is 88.4 Å². The van der Waals surface area contributed by atoms with E-state index in [9.17, 15) is 17.6 Å². The van der Waals surface area contributed by atoms with E-state index in [2.05, 4.69) is 14.9 Å². The van der Waals surface area contributed by atoms with E-state index in [1.54, 1.807) is 0 Å². The van der Waals surface area contributed by atoms with Gasteiger partial charge in [0.1, 0.15) is 16.4 Å². The van der Waals surface area contributed by atoms with Crippen molar-refractivity contribution in [3.63, 3.8) is 0 Å². The zero-order valence-electron chi connectivity index (χ0n) is 15.0. The molecular weight excluding hydrogens is 361 g/mol. The quantitative estimate of drug-likeness (QED) is 0.638. The normalized spacial score (nSPS) is 25.2. The molecule has 8 nitrogen and oxygen atoms in total. The first-order valence-electron chi connectivity index (χ1n) is 8.38. The van der Waals surface area contributed by atoms with Crippen LogP contribution in [0.5, 0.6) is 0 Å². The molecule has 10 heteroatoms. The lowest BCUT2D eigenvalue weighted by Gasteiger charge is -2.43. The molecule has 2 atom stereocenters. The van der Waals surface area contributed by atoms with Crippen LogP contribution in [0.4, 0.5) is 10.2 Å². The molecule has 0 spiro atoms. The van der Waals surface area contributed by atoms with Crippen molar-refractivity contribution < 1.29 is 12.8 Å². The van der Waals surface area contributed by atoms with E-state index in [0.29, 0.717) is 13.1 Å². The molecule has 2 aliphatic heterocycles. The zero-order valence-corrected chi connectivity index (χ0v) is 15.8. The van der Waals surface area contributed by atoms with Gasteiger partial charge in [0.25, 0.3) is 0 Å². The predicted molar refractivity (Wildman–Crippen MR) is 94.8 cm³/mol. The fourth-order valence-corrected chi connectivity index (χ4v) is 5.69. The molecule has 1 fully saturated rings. The second kappa shape index (κ2) is 5.46. The molecule has 0 saturated carbocycles. The standard InChI is InChI=1S/C16H20FN5O3S/c1-8-5-22-10(6-20(8)3)7-26(24,25)13-11-14(18-9(2)12(13)17)21(4)16(23)19-15(11)22/h8,10H,5-7H2,1-4H3. The van der Waals surface area contributed by atoms with Crippen molar-refractivity contribution in [1.82, 2.24) is 19.4 Å². The molecule has 2 unspecified atom stereocenters. The van der Waals surface area contributed by atoms with Gasteiger partial charge in [0.15, 0.2) is 15.7 Å². The zero-order chi connectivity index (χ0) is 19.0. The van der Waals surface area contributed by atoms with E-state index in [4.69, 9.17) is 0 Å². The van der Waals surface area contributed by atoms with Crippen molar-refractivity contribution in [2.45, 2.75) is 30.8 Å². The van der Waals surface area contributed by atoms with Crippen LogP contribution in [0.3, 0.4) is 0 Å². The number of halogens is 1. The number of aryl methyl sites for hydroxylation is 2. The number of likely N-dealkylation sites (N-methyl/N-ethyl adjacent to an activating group) is 1. The molecule has 0 amide bonds. The monoisotopic (exact) mass is 381 g/mol. The number of rotatable bonds is 0. The van der Waals surface area contributed by atoms with E-state index in [-0.39, 0.29) is 39.2 Å². The van der Waals surface area contributed by atoms with E-state index in [1.807, 2.05) is 18.9 Å². The van der Waals surface area contributed by atoms with Crippen LogP contribution >= 0.6 is 0 Å². The highest BCUT2D eigenvalue weighted by atomic mass is 32.2. The summed E-state index contributed by atoms with van der Waals surface area (Å²) >= 11 is 0. The fraction of sp³-hybridized carbons (Fsp3) is 0.562. The molecule has 0 radical (unpaired) electrons. The van der Waals surface area contributed by atoms with Crippen molar-refractivity contribution in [2.75, 3.05) is 30.8 Å². The Morgan fingerprint density at radius 1 is 1.19 bits per heavy atom. The van der Waals surface area contributed by atoms with Crippen LogP contribution < -0.4 is 10.6 Å². The number of fused-ring (bicyclic) bond motifs is 2. The summed E-state index contributed by atoms with van der Waals surface area (Å²) in [5.41, 5.74) is -0.445. The molecule has 4 rings (SSSR count). The number of hydrogen-bond acceptors (Lipinski definition) is 7. The summed E-state index contributed by atoms with van der Waals surface area (Å²) in [4.78, 5) is 24.2. The highest BCUT2D eigenvalue weighted by Crippen LogP contribution is 2.38. The Morgan fingerprint density at radius 2 is 1.88 bits per heavy atom. The Morgan fingerprint density at radius 3 is 2.58 bits per heavy atom. The molecule has 0 aliphatic carbocycles. The third kappa shape index (κ3) is 2.28. The van der Waals surface area contributed by atoms with Gasteiger partial charge in [-0.2, -0.15) is 4.98 Å². The maximum Gasteiger partial charge on any atom is 0.350 e. The lowest BCUT2D eigenvalue weighted by molar-refractivity contribution is 0.206. The number of aromatic nitrogens is 3. The van der Waals surface area contributed by atoms with Gasteiger partial charge in [-0.15, -0.1) is 0 Å². The number of pyridine rings is 1. The van der Waals surface area contributed by atoms with E-state index in [0.717, 1.165) is 0 Å². The van der Waals surface area contributed by atoms with E-state index < -0.39 is 27.4 Å². The van der Waals surface area contributed by atoms with Gasteiger partial charge in [0.2, 0.25) is 0 Å². The predicted octanol–water partition coefficient (Wildman–Crippen LogP) is 0.0722. The number of nitrogens with zero attached hydrogens (tertiary/aromatic N) is 5. The maximum atomic E-state index is 14.9. The molecule has 0 bridgehead atoms. The minimum absolute atomic E-state index is 0.0476. The van der Waals surface area contributed by atoms with Crippen molar-refractivity contribution in [3.8, 4) is 0 Å². The Labute approximate surface area is 150 Å². The summed E-state index contributed by atoms with van der Waals surface area (Å²) in [5, 5.41) is 0.106. The molecular formula is C16H20FN5O3S. The second-order valence-electron chi connectivity index (χ2n) is 7.19. The summed E-state index contributed by atoms with van der Waals surface area (Å²) in [6, 6.07) is -0.268. The summed E-state index contributed by atoms with van der Waals surface area (Å²) in [6.07, 6.45) is 0. The highest BCUT2D eigenvalue weighted by Gasteiger charge is 2.41. The summed E-state index contributed by atoms with van der Waals surface area (Å²) in [6.45, 7) is 4.41. The molecule has 140 valence electrons. The van der Waals surface area contributed by atoms with Crippen molar-refractivity contribution >= 4 is 26.7 Å². The molecule has 2 aromatic heterocycles. The average Bonchev–Trinajstić information content (AvgIpc) is 2.63. The van der Waals surface area contributed by atoms with Crippen LogP contribution in [0.15, 0.2) is 9.69 Å². The smallest absolute Gasteiger partial charge is 0.349 e. The van der Waals surface area contributed by atoms with E-state index in [1.165, 1.54) is 18.5 Å². The second-order valence-corrected chi connectivity index (χ2v) is 9.16. The Hall–Kier alpha value is -2.07. The van der Waals surface area contributed by atoms with Crippen LogP contribution in [0.25, 0.3) is 11.0 Å². The van der Waals surface area contributed by atoms with Gasteiger partial charge in [-0.3, -0.25) is 9.47 Å². The van der Waals surface area contributed by atoms with Gasteiger partial charge in [-0.05, 0) is 20.9 Å². The van der Waals surface area contributed by atoms with Crippen LogP contribution in [0.2, 0.25) is 0 Å². The first kappa shape index (κ1) is 17.3. The van der Waals surface area contributed by atoms with Gasteiger partial charge in [0, 0.05) is 26.2 Å². The molecule has 2 aromatic rings. The third-order valence-electron chi connectivity index (χ3n) is 5.42. The van der Waals surface area contributed by atoms with Gasteiger partial charge in [-0.25, -0.2) is 22.6 Å². The lowest BCUT2D eigenvalue weighted by atomic mass is 10.1. The Kier molecular flexibility index (Phi) is 3.65. The minimum Gasteiger partial charge on any atom is -0.349 e. The van der Waals surface area contributed by atoms with Crippen LogP contribution in [-0.4, -0.2) is 65.8 Å². The lowest BCUT2D eigenvalue weighted by Crippen LogP contribution is -2.58. The highest BCUT2D eigenvalue weighted by molar-refractivity contribution is 7.91. The molecule has 0 N–H and O–H groups in total. The first-order valence-corrected chi connectivity index (χ1v) is 10.0. The molecule has 26 heavy (non-hydrogen) atoms. The van der Waals surface area contributed by atoms with Gasteiger partial charge < -0.3 is 4.90 Å². The summed E-state index contributed by atoms with van der Waals surface area (Å²) in [7, 11) is -0.533. The SMILES string of the molecule is Cc1nc2c3c(nc(=O)n2C)N2CC(C)N(C)CC2CS(=O)(=O)c3c1F. The number of sulfone groups is 1. The number of piperazine rings is 1. The molecule has 0 aromatic carbocycles. The van der Waals surface area contributed by atoms with E-state index >= 15 is 0 Å². The summed E-state index contributed by atoms with van der Waals surface area (Å²) < 4.78 is 42.2.